The van der Waals surface area contributed by atoms with Gasteiger partial charge in [0.2, 0.25) is 11.0 Å². The van der Waals surface area contributed by atoms with E-state index in [1.165, 1.54) is 18.9 Å². The van der Waals surface area contributed by atoms with Crippen LogP contribution in [0.3, 0.4) is 0 Å². The Morgan fingerprint density at radius 2 is 2.07 bits per heavy atom. The number of hydrogen-bond donors (Lipinski definition) is 1. The molecule has 1 aromatic heterocycles. The number of para-hydroxylation sites is 1. The standard InChI is InChI=1S/C20H18N4O5S/c1-27-15-9-11(7-8-14(15)28-10-16(25)26)18-21-13-6-4-3-5-12(13)17-19(29-18)22-20(30-2)24-23-17/h3-9,18,21H,10H2,1-2H3,(H,25,26)/p-1/t18-/m0/s1. The van der Waals surface area contributed by atoms with Gasteiger partial charge in [-0.1, -0.05) is 30.0 Å². The first-order valence-electron chi connectivity index (χ1n) is 8.91. The molecule has 2 aromatic carbocycles. The molecule has 1 atom stereocenters. The Labute approximate surface area is 176 Å². The molecule has 9 nitrogen and oxygen atoms in total. The first-order valence-corrected chi connectivity index (χ1v) is 10.1. The van der Waals surface area contributed by atoms with Gasteiger partial charge >= 0.3 is 0 Å². The van der Waals surface area contributed by atoms with E-state index in [2.05, 4.69) is 20.5 Å². The van der Waals surface area contributed by atoms with E-state index >= 15 is 0 Å². The molecule has 10 heteroatoms. The predicted molar refractivity (Wildman–Crippen MR) is 108 cm³/mol. The highest BCUT2D eigenvalue weighted by Gasteiger charge is 2.26. The fourth-order valence-corrected chi connectivity index (χ4v) is 3.28. The van der Waals surface area contributed by atoms with Crippen molar-refractivity contribution in [2.24, 2.45) is 0 Å². The zero-order valence-corrected chi connectivity index (χ0v) is 16.9. The first kappa shape index (κ1) is 19.8. The van der Waals surface area contributed by atoms with Crippen LogP contribution in [0.4, 0.5) is 5.69 Å². The Bertz CT molecular complexity index is 1090. The Balaban J connectivity index is 1.74. The minimum Gasteiger partial charge on any atom is -0.546 e. The van der Waals surface area contributed by atoms with Crippen LogP contribution < -0.4 is 24.6 Å². The molecule has 1 aliphatic rings. The number of carboxylic acids is 1. The van der Waals surface area contributed by atoms with Crippen molar-refractivity contribution in [3.8, 4) is 28.6 Å². The van der Waals surface area contributed by atoms with Gasteiger partial charge in [0.05, 0.1) is 13.1 Å². The van der Waals surface area contributed by atoms with Crippen LogP contribution in [0.5, 0.6) is 17.4 Å². The van der Waals surface area contributed by atoms with Crippen LogP contribution in [-0.4, -0.2) is 41.1 Å². The summed E-state index contributed by atoms with van der Waals surface area (Å²) in [6.45, 7) is -0.575. The van der Waals surface area contributed by atoms with Crippen LogP contribution >= 0.6 is 11.8 Å². The zero-order chi connectivity index (χ0) is 21.1. The number of rotatable bonds is 6. The van der Waals surface area contributed by atoms with Gasteiger partial charge in [0, 0.05) is 16.8 Å². The number of fused-ring (bicyclic) bond motifs is 3. The molecule has 0 saturated carbocycles. The molecule has 0 saturated heterocycles. The minimum atomic E-state index is -1.32. The van der Waals surface area contributed by atoms with E-state index < -0.39 is 18.8 Å². The summed E-state index contributed by atoms with van der Waals surface area (Å²) in [5.74, 6) is -0.316. The predicted octanol–water partition coefficient (Wildman–Crippen LogP) is 1.90. The number of hydrogen-bond acceptors (Lipinski definition) is 10. The third-order valence-electron chi connectivity index (χ3n) is 4.35. The van der Waals surface area contributed by atoms with Crippen LogP contribution in [0, 0.1) is 0 Å². The van der Waals surface area contributed by atoms with E-state index in [0.29, 0.717) is 22.5 Å². The molecule has 0 spiro atoms. The fourth-order valence-electron chi connectivity index (χ4n) is 2.99. The van der Waals surface area contributed by atoms with E-state index in [9.17, 15) is 9.90 Å². The average molecular weight is 425 g/mol. The second-order valence-electron chi connectivity index (χ2n) is 6.21. The molecular formula is C20H17N4O5S-. The van der Waals surface area contributed by atoms with Crippen LogP contribution in [0.1, 0.15) is 11.8 Å². The Morgan fingerprint density at radius 3 is 2.83 bits per heavy atom. The van der Waals surface area contributed by atoms with Crippen LogP contribution in [-0.2, 0) is 4.79 Å². The van der Waals surface area contributed by atoms with Gasteiger partial charge in [-0.05, 0) is 30.5 Å². The molecule has 1 N–H and O–H groups in total. The molecule has 30 heavy (non-hydrogen) atoms. The van der Waals surface area contributed by atoms with Gasteiger partial charge in [-0.2, -0.15) is 4.98 Å². The van der Waals surface area contributed by atoms with E-state index in [4.69, 9.17) is 14.2 Å². The highest BCUT2D eigenvalue weighted by atomic mass is 32.2. The van der Waals surface area contributed by atoms with Gasteiger partial charge in [-0.25, -0.2) is 0 Å². The van der Waals surface area contributed by atoms with Gasteiger partial charge in [-0.3, -0.25) is 0 Å². The van der Waals surface area contributed by atoms with Crippen molar-refractivity contribution >= 4 is 23.4 Å². The number of nitrogens with zero attached hydrogens (tertiary/aromatic N) is 3. The number of carbonyl (C=O) groups excluding carboxylic acids is 1. The maximum Gasteiger partial charge on any atom is 0.247 e. The first-order chi connectivity index (χ1) is 14.6. The molecule has 2 heterocycles. The Morgan fingerprint density at radius 1 is 1.23 bits per heavy atom. The number of benzene rings is 2. The maximum absolute atomic E-state index is 10.7. The number of anilines is 1. The second kappa shape index (κ2) is 8.46. The zero-order valence-electron chi connectivity index (χ0n) is 16.1. The number of carboxylic acid groups (broad SMARTS) is 1. The molecule has 1 aliphatic heterocycles. The van der Waals surface area contributed by atoms with E-state index in [1.54, 1.807) is 18.2 Å². The Kier molecular flexibility index (Phi) is 5.57. The molecular weight excluding hydrogens is 408 g/mol. The number of methoxy groups -OCH3 is 1. The second-order valence-corrected chi connectivity index (χ2v) is 6.98. The summed E-state index contributed by atoms with van der Waals surface area (Å²) in [7, 11) is 1.47. The summed E-state index contributed by atoms with van der Waals surface area (Å²) < 4.78 is 16.7. The van der Waals surface area contributed by atoms with E-state index in [-0.39, 0.29) is 5.75 Å². The van der Waals surface area contributed by atoms with Crippen molar-refractivity contribution in [3.63, 3.8) is 0 Å². The molecule has 0 fully saturated rings. The molecule has 154 valence electrons. The molecule has 0 unspecified atom stereocenters. The summed E-state index contributed by atoms with van der Waals surface area (Å²) in [5.41, 5.74) is 2.90. The summed E-state index contributed by atoms with van der Waals surface area (Å²) in [6, 6.07) is 12.7. The lowest BCUT2D eigenvalue weighted by atomic mass is 10.1. The normalized spacial score (nSPS) is 14.4. The lowest BCUT2D eigenvalue weighted by molar-refractivity contribution is -0.307. The fraction of sp³-hybridized carbons (Fsp3) is 0.200. The molecule has 0 bridgehead atoms. The largest absolute Gasteiger partial charge is 0.546 e. The molecule has 0 radical (unpaired) electrons. The quantitative estimate of drug-likeness (QED) is 0.587. The molecule has 0 amide bonds. The van der Waals surface area contributed by atoms with Crippen molar-refractivity contribution < 1.29 is 24.1 Å². The number of thioether (sulfide) groups is 1. The van der Waals surface area contributed by atoms with Crippen molar-refractivity contribution in [2.75, 3.05) is 25.3 Å². The number of aliphatic carboxylic acids is 1. The smallest absolute Gasteiger partial charge is 0.247 e. The summed E-state index contributed by atoms with van der Waals surface area (Å²) in [6.07, 6.45) is 1.25. The topological polar surface area (TPSA) is 119 Å². The summed E-state index contributed by atoms with van der Waals surface area (Å²) in [5, 5.41) is 23.0. The van der Waals surface area contributed by atoms with Gasteiger partial charge in [0.15, 0.2) is 23.4 Å². The van der Waals surface area contributed by atoms with E-state index in [1.807, 2.05) is 30.5 Å². The molecule has 0 aliphatic carbocycles. The van der Waals surface area contributed by atoms with Gasteiger partial charge in [0.25, 0.3) is 0 Å². The average Bonchev–Trinajstić information content (AvgIpc) is 2.93. The third kappa shape index (κ3) is 3.94. The Hall–Kier alpha value is -3.53. The lowest BCUT2D eigenvalue weighted by Gasteiger charge is -2.21. The number of carbonyl (C=O) groups is 1. The third-order valence-corrected chi connectivity index (χ3v) is 4.89. The lowest BCUT2D eigenvalue weighted by Crippen LogP contribution is -2.29. The summed E-state index contributed by atoms with van der Waals surface area (Å²) in [4.78, 5) is 15.2. The SMILES string of the molecule is COc1cc([C@H]2Nc3ccccc3-c3nnc(SC)nc3O2)ccc1OCC(=O)[O-]. The summed E-state index contributed by atoms with van der Waals surface area (Å²) >= 11 is 1.37. The molecule has 3 aromatic rings. The number of ether oxygens (including phenoxy) is 3. The van der Waals surface area contributed by atoms with Crippen LogP contribution in [0.25, 0.3) is 11.3 Å². The van der Waals surface area contributed by atoms with Crippen molar-refractivity contribution in [3.05, 3.63) is 48.0 Å². The minimum absolute atomic E-state index is 0.286. The van der Waals surface area contributed by atoms with Crippen LogP contribution in [0.15, 0.2) is 47.6 Å². The number of aromatic nitrogens is 3. The highest BCUT2D eigenvalue weighted by molar-refractivity contribution is 7.98. The van der Waals surface area contributed by atoms with Crippen molar-refractivity contribution in [1.82, 2.24) is 15.2 Å². The van der Waals surface area contributed by atoms with Crippen LogP contribution in [0.2, 0.25) is 0 Å². The van der Waals surface area contributed by atoms with E-state index in [0.717, 1.165) is 16.8 Å². The van der Waals surface area contributed by atoms with Gasteiger partial charge in [-0.15, -0.1) is 10.2 Å². The van der Waals surface area contributed by atoms with Gasteiger partial charge in [0.1, 0.15) is 6.61 Å². The monoisotopic (exact) mass is 425 g/mol. The highest BCUT2D eigenvalue weighted by Crippen LogP contribution is 2.40. The van der Waals surface area contributed by atoms with Crippen molar-refractivity contribution in [2.45, 2.75) is 11.4 Å². The maximum atomic E-state index is 10.7. The molecule has 4 rings (SSSR count). The van der Waals surface area contributed by atoms with Gasteiger partial charge < -0.3 is 29.4 Å². The number of nitrogens with one attached hydrogen (secondary N) is 1. The van der Waals surface area contributed by atoms with Crippen molar-refractivity contribution in [1.29, 1.82) is 0 Å².